The highest BCUT2D eigenvalue weighted by molar-refractivity contribution is 9.10. The van der Waals surface area contributed by atoms with Gasteiger partial charge in [0.05, 0.1) is 0 Å². The standard InChI is InChI=1S/C16H10BrClN2O2/c17-12-1-6-15(21)10(8-12)7-11(9-19)16(22)20-14-4-2-13(18)3-5-14/h1-8,21H,(H,20,22)/b11-7-. The van der Waals surface area contributed by atoms with E-state index < -0.39 is 5.91 Å². The third-order valence-corrected chi connectivity index (χ3v) is 3.50. The maximum absolute atomic E-state index is 12.1. The van der Waals surface area contributed by atoms with Gasteiger partial charge in [0, 0.05) is 20.7 Å². The van der Waals surface area contributed by atoms with Gasteiger partial charge in [0.25, 0.3) is 5.91 Å². The van der Waals surface area contributed by atoms with E-state index in [9.17, 15) is 9.90 Å². The zero-order valence-electron chi connectivity index (χ0n) is 11.2. The van der Waals surface area contributed by atoms with E-state index in [1.807, 2.05) is 6.07 Å². The average molecular weight is 378 g/mol. The fraction of sp³-hybridized carbons (Fsp3) is 0. The van der Waals surface area contributed by atoms with Crippen molar-refractivity contribution < 1.29 is 9.90 Å². The first-order chi connectivity index (χ1) is 10.5. The second kappa shape index (κ2) is 7.12. The molecule has 0 aromatic heterocycles. The number of carbonyl (C=O) groups excluding carboxylic acids is 1. The zero-order chi connectivity index (χ0) is 16.1. The molecule has 2 aromatic carbocycles. The summed E-state index contributed by atoms with van der Waals surface area (Å²) in [7, 11) is 0. The van der Waals surface area contributed by atoms with Gasteiger partial charge in [-0.05, 0) is 48.5 Å². The first-order valence-corrected chi connectivity index (χ1v) is 7.34. The van der Waals surface area contributed by atoms with Crippen LogP contribution < -0.4 is 5.32 Å². The number of aromatic hydroxyl groups is 1. The van der Waals surface area contributed by atoms with Crippen LogP contribution >= 0.6 is 27.5 Å². The minimum Gasteiger partial charge on any atom is -0.507 e. The molecule has 0 saturated heterocycles. The van der Waals surface area contributed by atoms with Crippen molar-refractivity contribution in [2.45, 2.75) is 0 Å². The van der Waals surface area contributed by atoms with E-state index in [1.54, 1.807) is 36.4 Å². The number of carbonyl (C=O) groups is 1. The van der Waals surface area contributed by atoms with Crippen molar-refractivity contribution in [1.82, 2.24) is 0 Å². The van der Waals surface area contributed by atoms with Gasteiger partial charge in [0.2, 0.25) is 0 Å². The second-order valence-corrected chi connectivity index (χ2v) is 5.69. The van der Waals surface area contributed by atoms with Gasteiger partial charge in [-0.3, -0.25) is 4.79 Å². The zero-order valence-corrected chi connectivity index (χ0v) is 13.5. The SMILES string of the molecule is N#C/C(=C/c1cc(Br)ccc1O)C(=O)Nc1ccc(Cl)cc1. The van der Waals surface area contributed by atoms with E-state index in [1.165, 1.54) is 12.1 Å². The minimum atomic E-state index is -0.566. The number of halogens is 2. The molecule has 2 aromatic rings. The molecule has 1 amide bonds. The van der Waals surface area contributed by atoms with Crippen molar-refractivity contribution in [2.24, 2.45) is 0 Å². The number of rotatable bonds is 3. The molecule has 0 aliphatic heterocycles. The number of phenols is 1. The molecule has 4 nitrogen and oxygen atoms in total. The first-order valence-electron chi connectivity index (χ1n) is 6.17. The number of amides is 1. The average Bonchev–Trinajstić information content (AvgIpc) is 2.50. The van der Waals surface area contributed by atoms with Crippen molar-refractivity contribution in [1.29, 1.82) is 5.26 Å². The van der Waals surface area contributed by atoms with E-state index in [0.29, 0.717) is 16.3 Å². The van der Waals surface area contributed by atoms with Crippen LogP contribution in [0.15, 0.2) is 52.5 Å². The summed E-state index contributed by atoms with van der Waals surface area (Å²) >= 11 is 9.04. The lowest BCUT2D eigenvalue weighted by atomic mass is 10.1. The number of hydrogen-bond acceptors (Lipinski definition) is 3. The Kier molecular flexibility index (Phi) is 5.21. The van der Waals surface area contributed by atoms with Crippen LogP contribution in [0.4, 0.5) is 5.69 Å². The maximum Gasteiger partial charge on any atom is 0.266 e. The predicted molar refractivity (Wildman–Crippen MR) is 89.5 cm³/mol. The number of nitrogens with zero attached hydrogens (tertiary/aromatic N) is 1. The monoisotopic (exact) mass is 376 g/mol. The molecule has 0 heterocycles. The Morgan fingerprint density at radius 1 is 1.27 bits per heavy atom. The Morgan fingerprint density at radius 3 is 2.59 bits per heavy atom. The number of nitrogens with one attached hydrogen (secondary N) is 1. The Hall–Kier alpha value is -2.29. The maximum atomic E-state index is 12.1. The summed E-state index contributed by atoms with van der Waals surface area (Å²) in [5, 5.41) is 22.0. The van der Waals surface area contributed by atoms with Gasteiger partial charge in [-0.2, -0.15) is 5.26 Å². The topological polar surface area (TPSA) is 73.1 Å². The molecular weight excluding hydrogens is 368 g/mol. The van der Waals surface area contributed by atoms with Crippen molar-refractivity contribution in [2.75, 3.05) is 5.32 Å². The molecule has 0 spiro atoms. The largest absolute Gasteiger partial charge is 0.507 e. The van der Waals surface area contributed by atoms with Crippen LogP contribution in [-0.4, -0.2) is 11.0 Å². The second-order valence-electron chi connectivity index (χ2n) is 4.33. The third kappa shape index (κ3) is 4.10. The number of phenolic OH excluding ortho intramolecular Hbond substituents is 1. The molecule has 2 N–H and O–H groups in total. The van der Waals surface area contributed by atoms with Crippen LogP contribution in [0.25, 0.3) is 6.08 Å². The number of nitriles is 1. The normalized spacial score (nSPS) is 10.9. The van der Waals surface area contributed by atoms with Crippen LogP contribution in [0.1, 0.15) is 5.56 Å². The fourth-order valence-corrected chi connectivity index (χ4v) is 2.18. The highest BCUT2D eigenvalue weighted by atomic mass is 79.9. The van der Waals surface area contributed by atoms with Crippen LogP contribution in [0.3, 0.4) is 0 Å². The molecule has 0 saturated carbocycles. The molecule has 2 rings (SSSR count). The third-order valence-electron chi connectivity index (χ3n) is 2.76. The summed E-state index contributed by atoms with van der Waals surface area (Å²) in [6, 6.07) is 13.1. The lowest BCUT2D eigenvalue weighted by Crippen LogP contribution is -2.13. The van der Waals surface area contributed by atoms with Gasteiger partial charge in [-0.25, -0.2) is 0 Å². The predicted octanol–water partition coefficient (Wildman–Crippen LogP) is 4.35. The lowest BCUT2D eigenvalue weighted by Gasteiger charge is -2.05. The van der Waals surface area contributed by atoms with E-state index in [0.717, 1.165) is 4.47 Å². The molecule has 0 radical (unpaired) electrons. The summed E-state index contributed by atoms with van der Waals surface area (Å²) < 4.78 is 0.729. The Morgan fingerprint density at radius 2 is 1.95 bits per heavy atom. The molecular formula is C16H10BrClN2O2. The van der Waals surface area contributed by atoms with E-state index in [4.69, 9.17) is 16.9 Å². The molecule has 6 heteroatoms. The molecule has 0 fully saturated rings. The highest BCUT2D eigenvalue weighted by Gasteiger charge is 2.11. The summed E-state index contributed by atoms with van der Waals surface area (Å²) in [4.78, 5) is 12.1. The number of benzene rings is 2. The summed E-state index contributed by atoms with van der Waals surface area (Å²) in [6.45, 7) is 0. The first kappa shape index (κ1) is 16.1. The van der Waals surface area contributed by atoms with Crippen LogP contribution in [-0.2, 0) is 4.79 Å². The van der Waals surface area contributed by atoms with Crippen molar-refractivity contribution >= 4 is 45.2 Å². The molecule has 0 bridgehead atoms. The smallest absolute Gasteiger partial charge is 0.266 e. The lowest BCUT2D eigenvalue weighted by molar-refractivity contribution is -0.112. The quantitative estimate of drug-likeness (QED) is 0.617. The number of anilines is 1. The molecule has 0 atom stereocenters. The van der Waals surface area contributed by atoms with Crippen molar-refractivity contribution in [3.8, 4) is 11.8 Å². The Bertz CT molecular complexity index is 780. The molecule has 0 aliphatic carbocycles. The Balaban J connectivity index is 2.25. The van der Waals surface area contributed by atoms with E-state index >= 15 is 0 Å². The van der Waals surface area contributed by atoms with Gasteiger partial charge >= 0.3 is 0 Å². The van der Waals surface area contributed by atoms with Gasteiger partial charge in [0.15, 0.2) is 0 Å². The molecule has 0 unspecified atom stereocenters. The summed E-state index contributed by atoms with van der Waals surface area (Å²) in [5.41, 5.74) is 0.773. The summed E-state index contributed by atoms with van der Waals surface area (Å²) in [5.74, 6) is -0.584. The number of hydrogen-bond donors (Lipinski definition) is 2. The van der Waals surface area contributed by atoms with Crippen LogP contribution in [0.5, 0.6) is 5.75 Å². The molecule has 22 heavy (non-hydrogen) atoms. The van der Waals surface area contributed by atoms with Gasteiger partial charge in [-0.1, -0.05) is 27.5 Å². The van der Waals surface area contributed by atoms with Gasteiger partial charge in [0.1, 0.15) is 17.4 Å². The van der Waals surface area contributed by atoms with Crippen molar-refractivity contribution in [3.05, 3.63) is 63.1 Å². The van der Waals surface area contributed by atoms with Crippen LogP contribution in [0.2, 0.25) is 5.02 Å². The van der Waals surface area contributed by atoms with E-state index in [-0.39, 0.29) is 11.3 Å². The summed E-state index contributed by atoms with van der Waals surface area (Å²) in [6.07, 6.45) is 1.32. The Labute approximate surface area is 140 Å². The highest BCUT2D eigenvalue weighted by Crippen LogP contribution is 2.24. The van der Waals surface area contributed by atoms with Crippen LogP contribution in [0, 0.1) is 11.3 Å². The van der Waals surface area contributed by atoms with Gasteiger partial charge < -0.3 is 10.4 Å². The molecule has 110 valence electrons. The minimum absolute atomic E-state index is 0.0183. The fourth-order valence-electron chi connectivity index (χ4n) is 1.68. The molecule has 0 aliphatic rings. The van der Waals surface area contributed by atoms with Crippen molar-refractivity contribution in [3.63, 3.8) is 0 Å². The van der Waals surface area contributed by atoms with Gasteiger partial charge in [-0.15, -0.1) is 0 Å². The van der Waals surface area contributed by atoms with E-state index in [2.05, 4.69) is 21.2 Å².